The fourth-order valence-electron chi connectivity index (χ4n) is 2.67. The van der Waals surface area contributed by atoms with Crippen LogP contribution in [0.25, 0.3) is 11.2 Å². The summed E-state index contributed by atoms with van der Waals surface area (Å²) in [7, 11) is 0. The number of ether oxygens (including phenoxy) is 1. The summed E-state index contributed by atoms with van der Waals surface area (Å²) in [6, 6.07) is 0. The Bertz CT molecular complexity index is 788. The number of nitrogens with zero attached hydrogens (tertiary/aromatic N) is 4. The zero-order valence-corrected chi connectivity index (χ0v) is 14.4. The number of carboxylic acids is 1. The third-order valence-electron chi connectivity index (χ3n) is 4.10. The van der Waals surface area contributed by atoms with Crippen molar-refractivity contribution in [3.63, 3.8) is 0 Å². The van der Waals surface area contributed by atoms with Gasteiger partial charge in [-0.15, -0.1) is 0 Å². The number of aliphatic carboxylic acids is 1. The molecule has 1 aliphatic rings. The van der Waals surface area contributed by atoms with Gasteiger partial charge in [-0.2, -0.15) is 11.8 Å². The first-order chi connectivity index (χ1) is 12.4. The van der Waals surface area contributed by atoms with Crippen LogP contribution in [0.15, 0.2) is 12.7 Å². The summed E-state index contributed by atoms with van der Waals surface area (Å²) in [6.45, 7) is 0. The third-order valence-corrected chi connectivity index (χ3v) is 5.19. The normalized spacial score (nSPS) is 27.0. The number of carboxylic acid groups (broad SMARTS) is 1. The first-order valence-corrected chi connectivity index (χ1v) is 8.99. The van der Waals surface area contributed by atoms with Crippen LogP contribution in [0, 0.1) is 0 Å². The molecular formula is C14H19N5O6S. The maximum Gasteiger partial charge on any atom is 0.332 e. The van der Waals surface area contributed by atoms with Gasteiger partial charge in [-0.25, -0.2) is 19.7 Å². The van der Waals surface area contributed by atoms with Gasteiger partial charge in [0.25, 0.3) is 0 Å². The minimum Gasteiger partial charge on any atom is -0.479 e. The van der Waals surface area contributed by atoms with Gasteiger partial charge < -0.3 is 30.9 Å². The molecule has 0 bridgehead atoms. The molecule has 3 heterocycles. The summed E-state index contributed by atoms with van der Waals surface area (Å²) < 4.78 is 7.24. The lowest BCUT2D eigenvalue weighted by Gasteiger charge is -2.16. The number of carbonyl (C=O) groups is 1. The van der Waals surface area contributed by atoms with Crippen LogP contribution in [0.3, 0.4) is 0 Å². The maximum atomic E-state index is 10.6. The molecule has 1 unspecified atom stereocenters. The molecule has 3 rings (SSSR count). The highest BCUT2D eigenvalue weighted by Gasteiger charge is 2.44. The second-order valence-corrected chi connectivity index (χ2v) is 7.00. The first kappa shape index (κ1) is 18.8. The fourth-order valence-corrected chi connectivity index (χ4v) is 3.74. The average Bonchev–Trinajstić information content (AvgIpc) is 3.15. The van der Waals surface area contributed by atoms with Gasteiger partial charge in [0.15, 0.2) is 23.8 Å². The number of aliphatic hydroxyl groups excluding tert-OH is 3. The highest BCUT2D eigenvalue weighted by atomic mass is 32.2. The molecule has 2 aromatic rings. The van der Waals surface area contributed by atoms with E-state index >= 15 is 0 Å². The Hall–Kier alpha value is -1.99. The number of fused-ring (bicyclic) bond motifs is 1. The molecule has 0 amide bonds. The summed E-state index contributed by atoms with van der Waals surface area (Å²) in [4.78, 5) is 22.6. The third kappa shape index (κ3) is 3.59. The van der Waals surface area contributed by atoms with Crippen LogP contribution in [-0.2, 0) is 9.53 Å². The van der Waals surface area contributed by atoms with E-state index in [0.29, 0.717) is 22.7 Å². The number of hydrogen-bond acceptors (Lipinski definition) is 10. The lowest BCUT2D eigenvalue weighted by molar-refractivity contribution is -0.146. The van der Waals surface area contributed by atoms with Crippen molar-refractivity contribution in [1.29, 1.82) is 0 Å². The predicted molar refractivity (Wildman–Crippen MR) is 91.2 cm³/mol. The molecule has 0 saturated carbocycles. The lowest BCUT2D eigenvalue weighted by Crippen LogP contribution is -2.32. The molecule has 1 saturated heterocycles. The Morgan fingerprint density at radius 3 is 2.85 bits per heavy atom. The van der Waals surface area contributed by atoms with Crippen molar-refractivity contribution in [3.8, 4) is 0 Å². The highest BCUT2D eigenvalue weighted by molar-refractivity contribution is 7.99. The molecule has 1 fully saturated rings. The molecule has 5 atom stereocenters. The average molecular weight is 385 g/mol. The molecule has 1 aliphatic heterocycles. The van der Waals surface area contributed by atoms with E-state index in [4.69, 9.17) is 15.6 Å². The summed E-state index contributed by atoms with van der Waals surface area (Å²) in [5.74, 6) is -0.374. The van der Waals surface area contributed by atoms with Crippen molar-refractivity contribution in [1.82, 2.24) is 19.5 Å². The van der Waals surface area contributed by atoms with Crippen LogP contribution in [-0.4, -0.2) is 81.8 Å². The Labute approximate surface area is 151 Å². The molecule has 11 nitrogen and oxygen atoms in total. The molecule has 6 N–H and O–H groups in total. The second-order valence-electron chi connectivity index (χ2n) is 5.85. The van der Waals surface area contributed by atoms with Crippen molar-refractivity contribution < 1.29 is 30.0 Å². The zero-order valence-electron chi connectivity index (χ0n) is 13.5. The van der Waals surface area contributed by atoms with E-state index in [0.717, 1.165) is 0 Å². The van der Waals surface area contributed by atoms with Crippen molar-refractivity contribution in [2.45, 2.75) is 37.1 Å². The topological polar surface area (TPSA) is 177 Å². The Morgan fingerprint density at radius 1 is 1.35 bits per heavy atom. The molecule has 2 aromatic heterocycles. The van der Waals surface area contributed by atoms with E-state index in [1.54, 1.807) is 0 Å². The van der Waals surface area contributed by atoms with Crippen molar-refractivity contribution in [2.24, 2.45) is 0 Å². The smallest absolute Gasteiger partial charge is 0.332 e. The molecule has 142 valence electrons. The van der Waals surface area contributed by atoms with E-state index in [-0.39, 0.29) is 12.2 Å². The van der Waals surface area contributed by atoms with Crippen LogP contribution >= 0.6 is 11.8 Å². The van der Waals surface area contributed by atoms with Crippen molar-refractivity contribution in [2.75, 3.05) is 17.2 Å². The number of thioether (sulfide) groups is 1. The number of aliphatic hydroxyl groups is 3. The van der Waals surface area contributed by atoms with Gasteiger partial charge in [0.05, 0.1) is 12.4 Å². The molecular weight excluding hydrogens is 366 g/mol. The van der Waals surface area contributed by atoms with Crippen LogP contribution in [0.2, 0.25) is 0 Å². The van der Waals surface area contributed by atoms with Crippen LogP contribution in [0.4, 0.5) is 5.82 Å². The molecule has 0 radical (unpaired) electrons. The minimum atomic E-state index is -1.42. The fraction of sp³-hybridized carbons (Fsp3) is 0.571. The summed E-state index contributed by atoms with van der Waals surface area (Å²) >= 11 is 1.32. The second kappa shape index (κ2) is 7.72. The maximum absolute atomic E-state index is 10.6. The summed E-state index contributed by atoms with van der Waals surface area (Å²) in [6.07, 6.45) is -2.54. The Balaban J connectivity index is 1.64. The van der Waals surface area contributed by atoms with E-state index < -0.39 is 36.6 Å². The minimum absolute atomic E-state index is 0.0805. The lowest BCUT2D eigenvalue weighted by atomic mass is 10.1. The van der Waals surface area contributed by atoms with Gasteiger partial charge in [-0.3, -0.25) is 4.57 Å². The summed E-state index contributed by atoms with van der Waals surface area (Å²) in [5, 5.41) is 38.4. The first-order valence-electron chi connectivity index (χ1n) is 7.83. The van der Waals surface area contributed by atoms with E-state index in [9.17, 15) is 20.1 Å². The molecule has 0 aliphatic carbocycles. The zero-order chi connectivity index (χ0) is 18.8. The van der Waals surface area contributed by atoms with Gasteiger partial charge in [0.1, 0.15) is 24.1 Å². The van der Waals surface area contributed by atoms with Crippen LogP contribution in [0.1, 0.15) is 12.6 Å². The number of nitrogen functional groups attached to an aromatic ring is 1. The molecule has 0 aromatic carbocycles. The monoisotopic (exact) mass is 385 g/mol. The van der Waals surface area contributed by atoms with Crippen LogP contribution < -0.4 is 5.73 Å². The van der Waals surface area contributed by atoms with Gasteiger partial charge in [-0.05, 0) is 12.2 Å². The number of rotatable bonds is 7. The Morgan fingerprint density at radius 2 is 2.12 bits per heavy atom. The van der Waals surface area contributed by atoms with E-state index in [1.165, 1.54) is 29.0 Å². The van der Waals surface area contributed by atoms with Gasteiger partial charge in [-0.1, -0.05) is 0 Å². The molecule has 12 heteroatoms. The largest absolute Gasteiger partial charge is 0.479 e. The number of hydrogen-bond donors (Lipinski definition) is 5. The standard InChI is InChI=1S/C14H19N5O6S/c15-11-8-12(17-4-16-11)19(5-18-8)13-10(22)9(21)7(25-13)3-26-2-1-6(20)14(23)24/h4-7,9-10,13,20-22H,1-3H2,(H,23,24)(H2,15,16,17)/t6?,7-,9-,10-,13-/m1/s1. The van der Waals surface area contributed by atoms with E-state index in [2.05, 4.69) is 15.0 Å². The highest BCUT2D eigenvalue weighted by Crippen LogP contribution is 2.33. The van der Waals surface area contributed by atoms with Crippen LogP contribution in [0.5, 0.6) is 0 Å². The SMILES string of the molecule is Nc1ncnc2c1ncn2[C@@H]1O[C@H](CSCCC(O)C(=O)O)[C@@H](O)[C@H]1O. The number of imidazole rings is 1. The number of nitrogens with two attached hydrogens (primary N) is 1. The number of anilines is 1. The van der Waals surface area contributed by atoms with Gasteiger partial charge >= 0.3 is 5.97 Å². The Kier molecular flexibility index (Phi) is 5.58. The molecule has 26 heavy (non-hydrogen) atoms. The van der Waals surface area contributed by atoms with E-state index in [1.807, 2.05) is 0 Å². The number of aromatic nitrogens is 4. The predicted octanol–water partition coefficient (Wildman–Crippen LogP) is -1.40. The van der Waals surface area contributed by atoms with Crippen molar-refractivity contribution in [3.05, 3.63) is 12.7 Å². The quantitative estimate of drug-likeness (QED) is 0.354. The molecule has 0 spiro atoms. The van der Waals surface area contributed by atoms with Gasteiger partial charge in [0, 0.05) is 5.75 Å². The van der Waals surface area contributed by atoms with Gasteiger partial charge in [0.2, 0.25) is 0 Å². The summed E-state index contributed by atoms with van der Waals surface area (Å²) in [5.41, 5.74) is 6.49. The van der Waals surface area contributed by atoms with Crippen molar-refractivity contribution >= 4 is 34.7 Å².